The summed E-state index contributed by atoms with van der Waals surface area (Å²) in [6, 6.07) is 15.6. The number of aryl methyl sites for hydroxylation is 1. The van der Waals surface area contributed by atoms with Crippen LogP contribution < -0.4 is 5.32 Å². The number of benzene rings is 2. The van der Waals surface area contributed by atoms with Crippen molar-refractivity contribution in [2.45, 2.75) is 19.4 Å². The van der Waals surface area contributed by atoms with Crippen LogP contribution in [-0.4, -0.2) is 16.8 Å². The number of aliphatic hydroxyl groups excluding tert-OH is 1. The first-order valence-corrected chi connectivity index (χ1v) is 6.50. The summed E-state index contributed by atoms with van der Waals surface area (Å²) in [5.41, 5.74) is 2.81. The van der Waals surface area contributed by atoms with Crippen molar-refractivity contribution in [3.05, 3.63) is 59.7 Å². The number of nitrogens with one attached hydrogen (secondary N) is 1. The molecule has 0 aliphatic rings. The Morgan fingerprint density at radius 3 is 2.53 bits per heavy atom. The van der Waals surface area contributed by atoms with Gasteiger partial charge in [-0.1, -0.05) is 30.3 Å². The molecule has 0 fully saturated rings. The minimum absolute atomic E-state index is 0.136. The molecule has 0 heterocycles. The third kappa shape index (κ3) is 4.00. The molecule has 2 aromatic carbocycles. The van der Waals surface area contributed by atoms with Gasteiger partial charge in [-0.25, -0.2) is 0 Å². The Labute approximate surface area is 113 Å². The zero-order valence-corrected chi connectivity index (χ0v) is 10.8. The van der Waals surface area contributed by atoms with E-state index in [4.69, 9.17) is 5.11 Å². The Morgan fingerprint density at radius 2 is 1.79 bits per heavy atom. The minimum atomic E-state index is -0.147. The topological polar surface area (TPSA) is 52.5 Å². The van der Waals surface area contributed by atoms with Gasteiger partial charge < -0.3 is 15.5 Å². The normalized spacial score (nSPS) is 10.4. The number of anilines is 1. The van der Waals surface area contributed by atoms with E-state index in [1.54, 1.807) is 12.1 Å². The molecular weight excluding hydrogens is 238 g/mol. The zero-order valence-electron chi connectivity index (χ0n) is 10.8. The van der Waals surface area contributed by atoms with E-state index >= 15 is 0 Å². The average molecular weight is 257 g/mol. The van der Waals surface area contributed by atoms with Crippen LogP contribution in [-0.2, 0) is 13.0 Å². The maximum atomic E-state index is 9.47. The third-order valence-electron chi connectivity index (χ3n) is 3.06. The van der Waals surface area contributed by atoms with Gasteiger partial charge in [0.05, 0.1) is 6.61 Å². The van der Waals surface area contributed by atoms with Gasteiger partial charge in [0.2, 0.25) is 0 Å². The van der Waals surface area contributed by atoms with E-state index in [9.17, 15) is 5.11 Å². The number of phenols is 1. The smallest absolute Gasteiger partial charge is 0.121 e. The standard InChI is InChI=1S/C16H19NO2/c18-12-14-11-15(8-9-16(14)19)17-10-4-7-13-5-2-1-3-6-13/h1-3,5-6,8-9,11,17-19H,4,7,10,12H2. The largest absolute Gasteiger partial charge is 0.508 e. The summed E-state index contributed by atoms with van der Waals surface area (Å²) in [6.45, 7) is 0.718. The molecule has 100 valence electrons. The van der Waals surface area contributed by atoms with Gasteiger partial charge >= 0.3 is 0 Å². The van der Waals surface area contributed by atoms with Crippen molar-refractivity contribution in [1.82, 2.24) is 0 Å². The summed E-state index contributed by atoms with van der Waals surface area (Å²) < 4.78 is 0. The third-order valence-corrected chi connectivity index (χ3v) is 3.06. The lowest BCUT2D eigenvalue weighted by Crippen LogP contribution is -2.03. The Bertz CT molecular complexity index is 511. The van der Waals surface area contributed by atoms with Crippen LogP contribution in [0.3, 0.4) is 0 Å². The lowest BCUT2D eigenvalue weighted by molar-refractivity contribution is 0.275. The Hall–Kier alpha value is -2.00. The summed E-state index contributed by atoms with van der Waals surface area (Å²) in [7, 11) is 0. The van der Waals surface area contributed by atoms with Crippen LogP contribution >= 0.6 is 0 Å². The fourth-order valence-corrected chi connectivity index (χ4v) is 1.99. The van der Waals surface area contributed by atoms with Crippen molar-refractivity contribution in [1.29, 1.82) is 0 Å². The fraction of sp³-hybridized carbons (Fsp3) is 0.250. The van der Waals surface area contributed by atoms with E-state index in [1.807, 2.05) is 12.1 Å². The Balaban J connectivity index is 1.80. The lowest BCUT2D eigenvalue weighted by Gasteiger charge is -2.09. The van der Waals surface area contributed by atoms with Gasteiger partial charge in [0.25, 0.3) is 0 Å². The summed E-state index contributed by atoms with van der Waals surface area (Å²) in [6.07, 6.45) is 2.08. The van der Waals surface area contributed by atoms with Gasteiger partial charge in [-0.2, -0.15) is 0 Å². The van der Waals surface area contributed by atoms with E-state index in [-0.39, 0.29) is 12.4 Å². The number of hydrogen-bond donors (Lipinski definition) is 3. The molecule has 0 amide bonds. The lowest BCUT2D eigenvalue weighted by atomic mass is 10.1. The van der Waals surface area contributed by atoms with Crippen molar-refractivity contribution < 1.29 is 10.2 Å². The summed E-state index contributed by atoms with van der Waals surface area (Å²) >= 11 is 0. The summed E-state index contributed by atoms with van der Waals surface area (Å²) in [4.78, 5) is 0. The SMILES string of the molecule is OCc1cc(NCCCc2ccccc2)ccc1O. The van der Waals surface area contributed by atoms with Crippen LogP contribution in [0.1, 0.15) is 17.5 Å². The molecule has 3 heteroatoms. The number of aromatic hydroxyl groups is 1. The predicted molar refractivity (Wildman–Crippen MR) is 77.3 cm³/mol. The minimum Gasteiger partial charge on any atom is -0.508 e. The van der Waals surface area contributed by atoms with Crippen LogP contribution in [0.15, 0.2) is 48.5 Å². The molecule has 3 N–H and O–H groups in total. The molecule has 19 heavy (non-hydrogen) atoms. The second kappa shape index (κ2) is 6.81. The molecule has 2 rings (SSSR count). The molecule has 0 aliphatic carbocycles. The Kier molecular flexibility index (Phi) is 4.81. The highest BCUT2D eigenvalue weighted by Gasteiger charge is 2.01. The maximum absolute atomic E-state index is 9.47. The van der Waals surface area contributed by atoms with Gasteiger partial charge in [0.15, 0.2) is 0 Å². The van der Waals surface area contributed by atoms with Crippen LogP contribution in [0.25, 0.3) is 0 Å². The highest BCUT2D eigenvalue weighted by atomic mass is 16.3. The van der Waals surface area contributed by atoms with Crippen molar-refractivity contribution in [3.8, 4) is 5.75 Å². The number of hydrogen-bond acceptors (Lipinski definition) is 3. The van der Waals surface area contributed by atoms with E-state index in [0.717, 1.165) is 25.1 Å². The molecule has 2 aromatic rings. The molecule has 0 unspecified atom stereocenters. The van der Waals surface area contributed by atoms with Crippen molar-refractivity contribution in [3.63, 3.8) is 0 Å². The first kappa shape index (κ1) is 13.4. The molecule has 3 nitrogen and oxygen atoms in total. The molecule has 0 aliphatic heterocycles. The van der Waals surface area contributed by atoms with Crippen molar-refractivity contribution >= 4 is 5.69 Å². The van der Waals surface area contributed by atoms with Crippen LogP contribution in [0.5, 0.6) is 5.75 Å². The summed E-state index contributed by atoms with van der Waals surface area (Å²) in [5, 5.41) is 21.8. The average Bonchev–Trinajstić information content (AvgIpc) is 2.46. The van der Waals surface area contributed by atoms with E-state index < -0.39 is 0 Å². The van der Waals surface area contributed by atoms with Gasteiger partial charge in [0.1, 0.15) is 5.75 Å². The van der Waals surface area contributed by atoms with Gasteiger partial charge in [0, 0.05) is 17.8 Å². The molecule has 0 atom stereocenters. The van der Waals surface area contributed by atoms with Gasteiger partial charge in [-0.05, 0) is 36.6 Å². The predicted octanol–water partition coefficient (Wildman–Crippen LogP) is 2.93. The molecule has 0 saturated carbocycles. The highest BCUT2D eigenvalue weighted by Crippen LogP contribution is 2.21. The number of aliphatic hydroxyl groups is 1. The molecule has 0 saturated heterocycles. The quantitative estimate of drug-likeness (QED) is 0.551. The summed E-state index contributed by atoms with van der Waals surface area (Å²) in [5.74, 6) is 0.136. The second-order valence-electron chi connectivity index (χ2n) is 4.52. The van der Waals surface area contributed by atoms with Gasteiger partial charge in [-0.3, -0.25) is 0 Å². The van der Waals surface area contributed by atoms with Crippen molar-refractivity contribution in [2.24, 2.45) is 0 Å². The van der Waals surface area contributed by atoms with Crippen LogP contribution in [0.4, 0.5) is 5.69 Å². The second-order valence-corrected chi connectivity index (χ2v) is 4.52. The van der Waals surface area contributed by atoms with Gasteiger partial charge in [-0.15, -0.1) is 0 Å². The molecule has 0 spiro atoms. The van der Waals surface area contributed by atoms with E-state index in [2.05, 4.69) is 29.6 Å². The fourth-order valence-electron chi connectivity index (χ4n) is 1.99. The highest BCUT2D eigenvalue weighted by molar-refractivity contribution is 5.50. The molecule has 0 aromatic heterocycles. The molecular formula is C16H19NO2. The van der Waals surface area contributed by atoms with Crippen molar-refractivity contribution in [2.75, 3.05) is 11.9 Å². The molecule has 0 radical (unpaired) electrons. The maximum Gasteiger partial charge on any atom is 0.121 e. The number of rotatable bonds is 6. The first-order chi connectivity index (χ1) is 9.29. The van der Waals surface area contributed by atoms with E-state index in [0.29, 0.717) is 5.56 Å². The first-order valence-electron chi connectivity index (χ1n) is 6.50. The van der Waals surface area contributed by atoms with Crippen LogP contribution in [0, 0.1) is 0 Å². The van der Waals surface area contributed by atoms with Crippen LogP contribution in [0.2, 0.25) is 0 Å². The molecule has 0 bridgehead atoms. The Morgan fingerprint density at radius 1 is 1.00 bits per heavy atom. The van der Waals surface area contributed by atoms with E-state index in [1.165, 1.54) is 5.56 Å². The monoisotopic (exact) mass is 257 g/mol. The zero-order chi connectivity index (χ0) is 13.5.